The Morgan fingerprint density at radius 2 is 2.03 bits per heavy atom. The summed E-state index contributed by atoms with van der Waals surface area (Å²) in [6.07, 6.45) is 2.87. The largest absolute Gasteiger partial charge is 0.424 e. The van der Waals surface area contributed by atoms with E-state index in [1.807, 2.05) is 67.5 Å². The van der Waals surface area contributed by atoms with Crippen LogP contribution in [0.4, 0.5) is 11.7 Å². The Balaban J connectivity index is 1.25. The van der Waals surface area contributed by atoms with Gasteiger partial charge in [-0.15, -0.1) is 0 Å². The Hall–Kier alpha value is -3.87. The second-order valence-corrected chi connectivity index (χ2v) is 9.40. The zero-order chi connectivity index (χ0) is 23.2. The number of likely N-dealkylation sites (tertiary alicyclic amines) is 1. The zero-order valence-corrected chi connectivity index (χ0v) is 19.3. The van der Waals surface area contributed by atoms with Crippen molar-refractivity contribution in [3.05, 3.63) is 72.6 Å². The van der Waals surface area contributed by atoms with Crippen LogP contribution in [-0.2, 0) is 0 Å². The number of benzene rings is 2. The van der Waals surface area contributed by atoms with Crippen LogP contribution in [0.3, 0.4) is 0 Å². The number of hydrogen-bond acceptors (Lipinski definition) is 6. The summed E-state index contributed by atoms with van der Waals surface area (Å²) in [7, 11) is 4.03. The molecular weight excluding hydrogens is 426 g/mol. The highest BCUT2D eigenvalue weighted by atomic mass is 16.4. The van der Waals surface area contributed by atoms with Gasteiger partial charge >= 0.3 is 0 Å². The van der Waals surface area contributed by atoms with E-state index in [-0.39, 0.29) is 11.9 Å². The number of nitrogens with zero attached hydrogens (tertiary/aromatic N) is 4. The van der Waals surface area contributed by atoms with Gasteiger partial charge < -0.3 is 19.5 Å². The van der Waals surface area contributed by atoms with Gasteiger partial charge in [0.05, 0.1) is 6.04 Å². The number of rotatable bonds is 6. The standard InChI is InChI=1S/C27H27N5O2/c1-31(2)19-8-5-7-17(13-19)20-9-6-12-28-25(20)26(33)32-16-18-14-21(18)23(32)15-29-27-30-22-10-3-4-11-24(22)34-27/h3-13,18,21,23H,14-16H2,1-2H3,(H,29,30)/t18-,21-,23-/m1/s1. The predicted molar refractivity (Wildman–Crippen MR) is 133 cm³/mol. The van der Waals surface area contributed by atoms with Crippen LogP contribution in [0, 0.1) is 11.8 Å². The maximum Gasteiger partial charge on any atom is 0.295 e. The minimum Gasteiger partial charge on any atom is -0.424 e. The quantitative estimate of drug-likeness (QED) is 0.462. The summed E-state index contributed by atoms with van der Waals surface area (Å²) in [6, 6.07) is 20.4. The fourth-order valence-electron chi connectivity index (χ4n) is 5.10. The molecule has 0 unspecified atom stereocenters. The van der Waals surface area contributed by atoms with Crippen molar-refractivity contribution in [1.82, 2.24) is 14.9 Å². The topological polar surface area (TPSA) is 74.5 Å². The number of oxazole rings is 1. The van der Waals surface area contributed by atoms with Crippen LogP contribution in [0.25, 0.3) is 22.2 Å². The summed E-state index contributed by atoms with van der Waals surface area (Å²) in [5.74, 6) is 1.08. The number of anilines is 2. The molecule has 0 bridgehead atoms. The molecule has 0 radical (unpaired) electrons. The van der Waals surface area contributed by atoms with Crippen molar-refractivity contribution in [3.63, 3.8) is 0 Å². The van der Waals surface area contributed by atoms with E-state index in [1.165, 1.54) is 6.42 Å². The van der Waals surface area contributed by atoms with Crippen LogP contribution in [0.1, 0.15) is 16.9 Å². The maximum atomic E-state index is 13.8. The monoisotopic (exact) mass is 453 g/mol. The van der Waals surface area contributed by atoms with Crippen molar-refractivity contribution in [1.29, 1.82) is 0 Å². The lowest BCUT2D eigenvalue weighted by molar-refractivity contribution is 0.0710. The van der Waals surface area contributed by atoms with E-state index in [0.29, 0.717) is 30.1 Å². The van der Waals surface area contributed by atoms with Gasteiger partial charge in [-0.2, -0.15) is 4.98 Å². The van der Waals surface area contributed by atoms with E-state index >= 15 is 0 Å². The highest BCUT2D eigenvalue weighted by molar-refractivity contribution is 5.99. The third-order valence-electron chi connectivity index (χ3n) is 7.00. The van der Waals surface area contributed by atoms with E-state index < -0.39 is 0 Å². The molecule has 7 heteroatoms. The normalized spacial score (nSPS) is 20.9. The Kier molecular flexibility index (Phi) is 4.98. The Labute approximate surface area is 198 Å². The van der Waals surface area contributed by atoms with Crippen LogP contribution in [-0.4, -0.2) is 54.0 Å². The number of nitrogens with one attached hydrogen (secondary N) is 1. The van der Waals surface area contributed by atoms with Gasteiger partial charge in [-0.3, -0.25) is 9.78 Å². The first kappa shape index (κ1) is 20.7. The van der Waals surface area contributed by atoms with Gasteiger partial charge in [0.15, 0.2) is 5.58 Å². The molecule has 1 saturated heterocycles. The van der Waals surface area contributed by atoms with E-state index in [0.717, 1.165) is 34.5 Å². The molecule has 2 aliphatic rings. The van der Waals surface area contributed by atoms with Crippen molar-refractivity contribution < 1.29 is 9.21 Å². The molecule has 7 nitrogen and oxygen atoms in total. The first-order chi connectivity index (χ1) is 16.6. The molecule has 1 aliphatic heterocycles. The van der Waals surface area contributed by atoms with Gasteiger partial charge in [-0.25, -0.2) is 0 Å². The number of fused-ring (bicyclic) bond motifs is 2. The SMILES string of the molecule is CN(C)c1cccc(-c2cccnc2C(=O)N2C[C@H]3C[C@H]3[C@H]2CNc2nc3ccccc3o2)c1. The lowest BCUT2D eigenvalue weighted by Crippen LogP contribution is -2.43. The summed E-state index contributed by atoms with van der Waals surface area (Å²) in [4.78, 5) is 26.9. The van der Waals surface area contributed by atoms with Gasteiger partial charge in [0, 0.05) is 44.6 Å². The van der Waals surface area contributed by atoms with Crippen molar-refractivity contribution in [2.24, 2.45) is 11.8 Å². The lowest BCUT2D eigenvalue weighted by Gasteiger charge is -2.28. The van der Waals surface area contributed by atoms with Crippen LogP contribution in [0.2, 0.25) is 0 Å². The average molecular weight is 454 g/mol. The molecule has 4 aromatic rings. The minimum absolute atomic E-state index is 0.0116. The summed E-state index contributed by atoms with van der Waals surface area (Å²) in [5, 5.41) is 3.34. The average Bonchev–Trinajstić information content (AvgIpc) is 3.35. The summed E-state index contributed by atoms with van der Waals surface area (Å²) < 4.78 is 5.82. The van der Waals surface area contributed by atoms with Gasteiger partial charge in [0.25, 0.3) is 11.9 Å². The van der Waals surface area contributed by atoms with Crippen molar-refractivity contribution in [3.8, 4) is 11.1 Å². The van der Waals surface area contributed by atoms with Crippen molar-refractivity contribution in [2.45, 2.75) is 12.5 Å². The molecule has 3 atom stereocenters. The smallest absolute Gasteiger partial charge is 0.295 e. The second kappa shape index (κ2) is 8.17. The Morgan fingerprint density at radius 3 is 2.88 bits per heavy atom. The van der Waals surface area contributed by atoms with Crippen LogP contribution in [0.15, 0.2) is 71.3 Å². The number of pyridine rings is 1. The number of hydrogen-bond donors (Lipinski definition) is 1. The van der Waals surface area contributed by atoms with Crippen LogP contribution < -0.4 is 10.2 Å². The van der Waals surface area contributed by atoms with E-state index in [9.17, 15) is 4.79 Å². The molecule has 2 aromatic heterocycles. The van der Waals surface area contributed by atoms with Crippen molar-refractivity contribution in [2.75, 3.05) is 37.4 Å². The number of carbonyl (C=O) groups excluding carboxylic acids is 1. The van der Waals surface area contributed by atoms with Gasteiger partial charge in [0.2, 0.25) is 0 Å². The molecule has 1 N–H and O–H groups in total. The number of carbonyl (C=O) groups is 1. The summed E-state index contributed by atoms with van der Waals surface area (Å²) >= 11 is 0. The highest BCUT2D eigenvalue weighted by Gasteiger charge is 2.54. The molecule has 172 valence electrons. The predicted octanol–water partition coefficient (Wildman–Crippen LogP) is 4.53. The third-order valence-corrected chi connectivity index (χ3v) is 7.00. The Morgan fingerprint density at radius 1 is 1.15 bits per heavy atom. The second-order valence-electron chi connectivity index (χ2n) is 9.40. The molecule has 6 rings (SSSR count). The fraction of sp³-hybridized carbons (Fsp3) is 0.296. The zero-order valence-electron chi connectivity index (χ0n) is 19.3. The molecule has 1 amide bonds. The maximum absolute atomic E-state index is 13.8. The molecule has 2 fully saturated rings. The first-order valence-corrected chi connectivity index (χ1v) is 11.7. The molecule has 1 saturated carbocycles. The Bertz CT molecular complexity index is 1330. The molecule has 0 spiro atoms. The fourth-order valence-corrected chi connectivity index (χ4v) is 5.10. The molecule has 3 heterocycles. The lowest BCUT2D eigenvalue weighted by atomic mass is 10.0. The number of para-hydroxylation sites is 2. The van der Waals surface area contributed by atoms with Crippen LogP contribution in [0.5, 0.6) is 0 Å². The molecular formula is C27H27N5O2. The van der Waals surface area contributed by atoms with E-state index in [1.54, 1.807) is 6.20 Å². The number of amides is 1. The van der Waals surface area contributed by atoms with Gasteiger partial charge in [0.1, 0.15) is 11.2 Å². The number of piperidine rings is 1. The summed E-state index contributed by atoms with van der Waals surface area (Å²) in [6.45, 7) is 1.38. The molecule has 1 aliphatic carbocycles. The van der Waals surface area contributed by atoms with Gasteiger partial charge in [-0.1, -0.05) is 30.3 Å². The minimum atomic E-state index is -0.0116. The molecule has 34 heavy (non-hydrogen) atoms. The van der Waals surface area contributed by atoms with Crippen LogP contribution >= 0.6 is 0 Å². The van der Waals surface area contributed by atoms with Gasteiger partial charge in [-0.05, 0) is 54.2 Å². The number of aromatic nitrogens is 2. The first-order valence-electron chi connectivity index (χ1n) is 11.7. The van der Waals surface area contributed by atoms with E-state index in [4.69, 9.17) is 4.42 Å². The summed E-state index contributed by atoms with van der Waals surface area (Å²) in [5.41, 5.74) is 5.03. The third kappa shape index (κ3) is 3.67. The molecule has 2 aromatic carbocycles. The van der Waals surface area contributed by atoms with E-state index in [2.05, 4.69) is 32.3 Å². The van der Waals surface area contributed by atoms with Crippen molar-refractivity contribution >= 4 is 28.7 Å². The highest BCUT2D eigenvalue weighted by Crippen LogP contribution is 2.50.